The first kappa shape index (κ1) is 21.6. The van der Waals surface area contributed by atoms with Crippen LogP contribution in [0.1, 0.15) is 17.5 Å². The largest absolute Gasteiger partial charge is 0.381 e. The van der Waals surface area contributed by atoms with Crippen LogP contribution in [0, 0.1) is 17.5 Å². The van der Waals surface area contributed by atoms with Crippen molar-refractivity contribution in [2.45, 2.75) is 24.4 Å². The molecule has 0 unspecified atom stereocenters. The molecule has 1 aliphatic rings. The van der Waals surface area contributed by atoms with Gasteiger partial charge >= 0.3 is 0 Å². The Kier molecular flexibility index (Phi) is 6.17. The Labute approximate surface area is 181 Å². The number of nitrogens with zero attached hydrogens (tertiary/aromatic N) is 2. The molecule has 2 N–H and O–H groups in total. The molecule has 2 heterocycles. The van der Waals surface area contributed by atoms with Gasteiger partial charge in [-0.2, -0.15) is 0 Å². The highest BCUT2D eigenvalue weighted by atomic mass is 32.2. The van der Waals surface area contributed by atoms with Gasteiger partial charge in [0.2, 0.25) is 0 Å². The van der Waals surface area contributed by atoms with E-state index in [0.29, 0.717) is 5.56 Å². The second-order valence-corrected chi connectivity index (χ2v) is 9.50. The highest BCUT2D eigenvalue weighted by molar-refractivity contribution is 7.92. The lowest BCUT2D eigenvalue weighted by Gasteiger charge is -2.30. The average molecular weight is 469 g/mol. The minimum Gasteiger partial charge on any atom is -0.381 e. The summed E-state index contributed by atoms with van der Waals surface area (Å²) >= 11 is 1.13. The van der Waals surface area contributed by atoms with Crippen LogP contribution < -0.4 is 10.0 Å². The molecule has 164 valence electrons. The average Bonchev–Trinajstić information content (AvgIpc) is 3.16. The van der Waals surface area contributed by atoms with Crippen LogP contribution in [-0.2, 0) is 23.1 Å². The third-order valence-corrected chi connectivity index (χ3v) is 6.88. The summed E-state index contributed by atoms with van der Waals surface area (Å²) in [5, 5.41) is 4.15. The van der Waals surface area contributed by atoms with Gasteiger partial charge in [0.15, 0.2) is 10.7 Å². The fraction of sp³-hybridized carbons (Fsp3) is 0.250. The predicted octanol–water partition coefficient (Wildman–Crippen LogP) is 4.18. The Morgan fingerprint density at radius 1 is 1.06 bits per heavy atom. The Bertz CT molecular complexity index is 1160. The van der Waals surface area contributed by atoms with Crippen LogP contribution in [0.5, 0.6) is 0 Å². The zero-order valence-corrected chi connectivity index (χ0v) is 17.9. The van der Waals surface area contributed by atoms with Gasteiger partial charge in [-0.1, -0.05) is 6.07 Å². The monoisotopic (exact) mass is 468 g/mol. The Morgan fingerprint density at radius 3 is 2.42 bits per heavy atom. The lowest BCUT2D eigenvalue weighted by Crippen LogP contribution is -2.36. The molecule has 0 radical (unpaired) electrons. The van der Waals surface area contributed by atoms with Crippen LogP contribution in [0.3, 0.4) is 0 Å². The van der Waals surface area contributed by atoms with E-state index in [2.05, 4.69) is 15.2 Å². The number of sulfonamides is 1. The first-order chi connectivity index (χ1) is 14.8. The van der Waals surface area contributed by atoms with Crippen LogP contribution in [0.4, 0.5) is 24.7 Å². The summed E-state index contributed by atoms with van der Waals surface area (Å²) in [6.45, 7) is 2.73. The van der Waals surface area contributed by atoms with Crippen molar-refractivity contribution < 1.29 is 21.6 Å². The van der Waals surface area contributed by atoms with Crippen molar-refractivity contribution >= 4 is 32.9 Å². The van der Waals surface area contributed by atoms with Crippen molar-refractivity contribution in [1.29, 1.82) is 0 Å². The van der Waals surface area contributed by atoms with Gasteiger partial charge in [-0.15, -0.1) is 11.3 Å². The standard InChI is InChI=1S/C20H19F3N4O2S2/c21-16-3-2-13(10-27-4-1-5-27)6-14(16)9-24-15-7-17(22)20(18(23)8-15)31(28,29)26-19-11-30-12-25-19/h2-3,6-8,11-12,24,26H,1,4-5,9-10H2. The zero-order chi connectivity index (χ0) is 22.0. The van der Waals surface area contributed by atoms with E-state index in [0.717, 1.165) is 55.1 Å². The predicted molar refractivity (Wildman–Crippen MR) is 113 cm³/mol. The summed E-state index contributed by atoms with van der Waals surface area (Å²) in [7, 11) is -4.50. The molecule has 31 heavy (non-hydrogen) atoms. The van der Waals surface area contributed by atoms with Crippen LogP contribution >= 0.6 is 11.3 Å². The lowest BCUT2D eigenvalue weighted by molar-refractivity contribution is 0.172. The minimum absolute atomic E-state index is 0.00449. The number of hydrogen-bond acceptors (Lipinski definition) is 6. The van der Waals surface area contributed by atoms with E-state index in [9.17, 15) is 21.6 Å². The molecule has 0 bridgehead atoms. The SMILES string of the molecule is O=S(=O)(Nc1cscn1)c1c(F)cc(NCc2cc(CN3CCC3)ccc2F)cc1F. The van der Waals surface area contributed by atoms with Crippen molar-refractivity contribution in [3.05, 3.63) is 69.8 Å². The summed E-state index contributed by atoms with van der Waals surface area (Å²) in [5.41, 5.74) is 2.68. The summed E-state index contributed by atoms with van der Waals surface area (Å²) in [5.74, 6) is -3.00. The van der Waals surface area contributed by atoms with E-state index < -0.39 is 32.4 Å². The molecule has 1 aromatic heterocycles. The molecule has 4 rings (SSSR count). The van der Waals surface area contributed by atoms with E-state index in [1.165, 1.54) is 17.0 Å². The van der Waals surface area contributed by atoms with Crippen molar-refractivity contribution in [2.75, 3.05) is 23.1 Å². The number of aromatic nitrogens is 1. The third kappa shape index (κ3) is 5.00. The molecule has 0 spiro atoms. The van der Waals surface area contributed by atoms with Crippen molar-refractivity contribution in [2.24, 2.45) is 0 Å². The smallest absolute Gasteiger partial charge is 0.268 e. The van der Waals surface area contributed by atoms with Gasteiger partial charge in [0.25, 0.3) is 10.0 Å². The fourth-order valence-corrected chi connectivity index (χ4v) is 4.91. The first-order valence-electron chi connectivity index (χ1n) is 9.45. The molecule has 0 saturated carbocycles. The van der Waals surface area contributed by atoms with Gasteiger partial charge < -0.3 is 5.32 Å². The molecule has 11 heteroatoms. The number of anilines is 2. The van der Waals surface area contributed by atoms with Gasteiger partial charge in [0.05, 0.1) is 5.51 Å². The van der Waals surface area contributed by atoms with Gasteiger partial charge in [-0.25, -0.2) is 26.6 Å². The van der Waals surface area contributed by atoms with Crippen LogP contribution in [0.2, 0.25) is 0 Å². The van der Waals surface area contributed by atoms with E-state index in [4.69, 9.17) is 0 Å². The molecule has 1 saturated heterocycles. The highest BCUT2D eigenvalue weighted by Gasteiger charge is 2.26. The summed E-state index contributed by atoms with van der Waals surface area (Å²) < 4.78 is 69.9. The first-order valence-corrected chi connectivity index (χ1v) is 11.9. The summed E-state index contributed by atoms with van der Waals surface area (Å²) in [6.07, 6.45) is 1.15. The van der Waals surface area contributed by atoms with E-state index in [1.54, 1.807) is 12.1 Å². The zero-order valence-electron chi connectivity index (χ0n) is 16.2. The van der Waals surface area contributed by atoms with E-state index >= 15 is 0 Å². The van der Waals surface area contributed by atoms with Gasteiger partial charge in [0, 0.05) is 29.7 Å². The molecule has 2 aromatic carbocycles. The number of nitrogens with one attached hydrogen (secondary N) is 2. The summed E-state index contributed by atoms with van der Waals surface area (Å²) in [6, 6.07) is 6.52. The number of thiazole rings is 1. The molecule has 1 aliphatic heterocycles. The topological polar surface area (TPSA) is 74.3 Å². The molecule has 0 atom stereocenters. The maximum absolute atomic E-state index is 14.5. The van der Waals surface area contributed by atoms with Gasteiger partial charge in [-0.05, 0) is 49.3 Å². The Balaban J connectivity index is 1.49. The van der Waals surface area contributed by atoms with Crippen molar-refractivity contribution in [3.8, 4) is 0 Å². The van der Waals surface area contributed by atoms with Crippen LogP contribution in [-0.4, -0.2) is 31.4 Å². The number of hydrogen-bond donors (Lipinski definition) is 2. The van der Waals surface area contributed by atoms with E-state index in [-0.39, 0.29) is 18.1 Å². The Hall–Kier alpha value is -2.63. The number of rotatable bonds is 8. The molecule has 0 aliphatic carbocycles. The Morgan fingerprint density at radius 2 is 1.81 bits per heavy atom. The number of benzene rings is 2. The lowest BCUT2D eigenvalue weighted by atomic mass is 10.1. The fourth-order valence-electron chi connectivity index (χ4n) is 3.23. The molecule has 3 aromatic rings. The normalized spacial score (nSPS) is 14.3. The van der Waals surface area contributed by atoms with Crippen molar-refractivity contribution in [1.82, 2.24) is 9.88 Å². The van der Waals surface area contributed by atoms with Crippen LogP contribution in [0.25, 0.3) is 0 Å². The minimum atomic E-state index is -4.50. The molecule has 6 nitrogen and oxygen atoms in total. The number of halogens is 3. The van der Waals surface area contributed by atoms with Gasteiger partial charge in [0.1, 0.15) is 17.5 Å². The van der Waals surface area contributed by atoms with Crippen LogP contribution in [0.15, 0.2) is 46.1 Å². The molecule has 0 amide bonds. The van der Waals surface area contributed by atoms with E-state index in [1.807, 2.05) is 4.72 Å². The molecular formula is C20H19F3N4O2S2. The highest BCUT2D eigenvalue weighted by Crippen LogP contribution is 2.26. The second kappa shape index (κ2) is 8.85. The third-order valence-electron chi connectivity index (χ3n) is 4.89. The molecule has 1 fully saturated rings. The van der Waals surface area contributed by atoms with Gasteiger partial charge in [-0.3, -0.25) is 9.62 Å². The maximum atomic E-state index is 14.5. The number of likely N-dealkylation sites (tertiary alicyclic amines) is 1. The maximum Gasteiger partial charge on any atom is 0.268 e. The quantitative estimate of drug-likeness (QED) is 0.519. The second-order valence-electron chi connectivity index (χ2n) is 7.16. The molecular weight excluding hydrogens is 449 g/mol. The van der Waals surface area contributed by atoms with Crippen molar-refractivity contribution in [3.63, 3.8) is 0 Å². The summed E-state index contributed by atoms with van der Waals surface area (Å²) in [4.78, 5) is 4.87.